The minimum atomic E-state index is -0.722. The fourth-order valence-electron chi connectivity index (χ4n) is 2.19. The van der Waals surface area contributed by atoms with Crippen LogP contribution >= 0.6 is 34.7 Å². The quantitative estimate of drug-likeness (QED) is 0.927. The predicted octanol–water partition coefficient (Wildman–Crippen LogP) is 3.01. The molecule has 0 bridgehead atoms. The van der Waals surface area contributed by atoms with Crippen molar-refractivity contribution in [2.24, 2.45) is 0 Å². The molecule has 1 atom stereocenters. The van der Waals surface area contributed by atoms with Crippen LogP contribution in [0.5, 0.6) is 0 Å². The van der Waals surface area contributed by atoms with Crippen LogP contribution in [0.4, 0.5) is 0 Å². The zero-order valence-corrected chi connectivity index (χ0v) is 13.3. The van der Waals surface area contributed by atoms with E-state index in [4.69, 9.17) is 11.6 Å². The molecule has 1 aromatic heterocycles. The van der Waals surface area contributed by atoms with Crippen molar-refractivity contribution in [3.05, 3.63) is 21.3 Å². The van der Waals surface area contributed by atoms with Crippen LogP contribution in [0.2, 0.25) is 4.34 Å². The zero-order chi connectivity index (χ0) is 13.9. The maximum atomic E-state index is 12.1. The largest absolute Gasteiger partial charge is 0.388 e. The predicted molar refractivity (Wildman–Crippen MR) is 81.9 cm³/mol. The van der Waals surface area contributed by atoms with E-state index in [9.17, 15) is 9.90 Å². The van der Waals surface area contributed by atoms with Gasteiger partial charge >= 0.3 is 0 Å². The van der Waals surface area contributed by atoms with Gasteiger partial charge in [-0.3, -0.25) is 4.79 Å². The van der Waals surface area contributed by atoms with Gasteiger partial charge < -0.3 is 10.0 Å². The lowest BCUT2D eigenvalue weighted by atomic mass is 9.95. The summed E-state index contributed by atoms with van der Waals surface area (Å²) in [5, 5.41) is 9.99. The highest BCUT2D eigenvalue weighted by Gasteiger charge is 2.30. The summed E-state index contributed by atoms with van der Waals surface area (Å²) in [7, 11) is 0. The number of hydrogen-bond acceptors (Lipinski definition) is 4. The second kappa shape index (κ2) is 6.48. The Morgan fingerprint density at radius 2 is 2.42 bits per heavy atom. The number of likely N-dealkylation sites (tertiary alicyclic amines) is 1. The first kappa shape index (κ1) is 15.2. The summed E-state index contributed by atoms with van der Waals surface area (Å²) >= 11 is 9.02. The van der Waals surface area contributed by atoms with Crippen molar-refractivity contribution in [3.63, 3.8) is 0 Å². The van der Waals surface area contributed by atoms with Crippen molar-refractivity contribution < 1.29 is 9.90 Å². The standard InChI is InChI=1S/C13H18ClNO2S2/c1-13(17)5-2-6-15(9-13)12(16)8-18-7-10-3-4-11(14)19-10/h3-4,17H,2,5-9H2,1H3. The number of rotatable bonds is 4. The molecule has 2 rings (SSSR count). The van der Waals surface area contributed by atoms with Crippen LogP contribution in [0.1, 0.15) is 24.6 Å². The number of nitrogens with zero attached hydrogens (tertiary/aromatic N) is 1. The smallest absolute Gasteiger partial charge is 0.232 e. The molecule has 6 heteroatoms. The minimum absolute atomic E-state index is 0.118. The summed E-state index contributed by atoms with van der Waals surface area (Å²) < 4.78 is 0.786. The van der Waals surface area contributed by atoms with E-state index in [0.717, 1.165) is 29.5 Å². The summed E-state index contributed by atoms with van der Waals surface area (Å²) in [4.78, 5) is 15.0. The fraction of sp³-hybridized carbons (Fsp3) is 0.615. The van der Waals surface area contributed by atoms with Gasteiger partial charge in [0, 0.05) is 23.7 Å². The van der Waals surface area contributed by atoms with Crippen LogP contribution in [0.15, 0.2) is 12.1 Å². The van der Waals surface area contributed by atoms with Crippen molar-refractivity contribution in [1.82, 2.24) is 4.90 Å². The first-order valence-corrected chi connectivity index (χ1v) is 8.63. The molecular formula is C13H18ClNO2S2. The number of carbonyl (C=O) groups is 1. The van der Waals surface area contributed by atoms with E-state index in [1.807, 2.05) is 12.1 Å². The molecule has 1 aliphatic rings. The molecule has 1 N–H and O–H groups in total. The first-order valence-electron chi connectivity index (χ1n) is 6.28. The van der Waals surface area contributed by atoms with Gasteiger partial charge in [0.25, 0.3) is 0 Å². The Morgan fingerprint density at radius 3 is 3.05 bits per heavy atom. The number of halogens is 1. The van der Waals surface area contributed by atoms with Gasteiger partial charge in [-0.25, -0.2) is 0 Å². The average Bonchev–Trinajstić information content (AvgIpc) is 2.73. The summed E-state index contributed by atoms with van der Waals surface area (Å²) in [5.74, 6) is 1.39. The molecule has 1 aromatic rings. The molecular weight excluding hydrogens is 302 g/mol. The highest BCUT2D eigenvalue weighted by molar-refractivity contribution is 7.99. The normalized spacial score (nSPS) is 23.6. The minimum Gasteiger partial charge on any atom is -0.388 e. The van der Waals surface area contributed by atoms with Crippen molar-refractivity contribution in [2.45, 2.75) is 31.1 Å². The summed E-state index contributed by atoms with van der Waals surface area (Å²) in [5.41, 5.74) is -0.722. The molecule has 1 amide bonds. The van der Waals surface area contributed by atoms with E-state index < -0.39 is 5.60 Å². The zero-order valence-electron chi connectivity index (χ0n) is 10.9. The Labute approximate surface area is 126 Å². The summed E-state index contributed by atoms with van der Waals surface area (Å²) in [6, 6.07) is 3.88. The van der Waals surface area contributed by atoms with Crippen molar-refractivity contribution in [2.75, 3.05) is 18.8 Å². The van der Waals surface area contributed by atoms with Gasteiger partial charge in [0.2, 0.25) is 5.91 Å². The van der Waals surface area contributed by atoms with Gasteiger partial charge in [-0.15, -0.1) is 23.1 Å². The van der Waals surface area contributed by atoms with E-state index in [2.05, 4.69) is 0 Å². The molecule has 1 unspecified atom stereocenters. The highest BCUT2D eigenvalue weighted by atomic mass is 35.5. The summed E-state index contributed by atoms with van der Waals surface area (Å²) in [6.07, 6.45) is 1.65. The van der Waals surface area contributed by atoms with E-state index >= 15 is 0 Å². The van der Waals surface area contributed by atoms with Crippen molar-refractivity contribution in [3.8, 4) is 0 Å². The Bertz CT molecular complexity index is 448. The number of amides is 1. The van der Waals surface area contributed by atoms with Gasteiger partial charge in [-0.2, -0.15) is 0 Å². The molecule has 106 valence electrons. The van der Waals surface area contributed by atoms with E-state index in [-0.39, 0.29) is 5.91 Å². The van der Waals surface area contributed by atoms with E-state index in [0.29, 0.717) is 12.3 Å². The molecule has 1 saturated heterocycles. The van der Waals surface area contributed by atoms with Crippen LogP contribution in [0, 0.1) is 0 Å². The molecule has 0 spiro atoms. The number of thiophene rings is 1. The Morgan fingerprint density at radius 1 is 1.63 bits per heavy atom. The molecule has 0 radical (unpaired) electrons. The van der Waals surface area contributed by atoms with Gasteiger partial charge in [-0.1, -0.05) is 11.6 Å². The maximum absolute atomic E-state index is 12.1. The molecule has 0 aliphatic carbocycles. The van der Waals surface area contributed by atoms with Crippen LogP contribution < -0.4 is 0 Å². The third-order valence-electron chi connectivity index (χ3n) is 3.13. The maximum Gasteiger partial charge on any atom is 0.232 e. The second-order valence-corrected chi connectivity index (χ2v) is 7.90. The lowest BCUT2D eigenvalue weighted by Crippen LogP contribution is -2.49. The van der Waals surface area contributed by atoms with Crippen LogP contribution in [-0.4, -0.2) is 40.4 Å². The Balaban J connectivity index is 1.75. The number of carbonyl (C=O) groups excluding carboxylic acids is 1. The molecule has 1 aliphatic heterocycles. The summed E-state index contributed by atoms with van der Waals surface area (Å²) in [6.45, 7) is 3.02. The number of thioether (sulfide) groups is 1. The monoisotopic (exact) mass is 319 g/mol. The van der Waals surface area contributed by atoms with Gasteiger partial charge in [0.05, 0.1) is 15.7 Å². The van der Waals surface area contributed by atoms with Crippen molar-refractivity contribution in [1.29, 1.82) is 0 Å². The molecule has 0 aromatic carbocycles. The molecule has 3 nitrogen and oxygen atoms in total. The molecule has 0 saturated carbocycles. The van der Waals surface area contributed by atoms with Crippen LogP contribution in [0.3, 0.4) is 0 Å². The van der Waals surface area contributed by atoms with E-state index in [1.54, 1.807) is 34.9 Å². The third-order valence-corrected chi connectivity index (χ3v) is 5.51. The SMILES string of the molecule is CC1(O)CCCN(C(=O)CSCc2ccc(Cl)s2)C1. The number of β-amino-alcohol motifs (C(OH)–C–C–N with tert-alkyl or cyclic N) is 1. The molecule has 19 heavy (non-hydrogen) atoms. The Kier molecular flexibility index (Phi) is 5.17. The Hall–Kier alpha value is -0.230. The van der Waals surface area contributed by atoms with Gasteiger partial charge in [0.1, 0.15) is 0 Å². The third kappa shape index (κ3) is 4.67. The number of aliphatic hydroxyl groups is 1. The lowest BCUT2D eigenvalue weighted by Gasteiger charge is -2.36. The molecule has 1 fully saturated rings. The topological polar surface area (TPSA) is 40.5 Å². The van der Waals surface area contributed by atoms with Gasteiger partial charge in [-0.05, 0) is 31.9 Å². The first-order chi connectivity index (χ1) is 8.96. The second-order valence-electron chi connectivity index (χ2n) is 5.11. The highest BCUT2D eigenvalue weighted by Crippen LogP contribution is 2.26. The number of piperidine rings is 1. The van der Waals surface area contributed by atoms with Crippen molar-refractivity contribution >= 4 is 40.6 Å². The van der Waals surface area contributed by atoms with Crippen LogP contribution in [0.25, 0.3) is 0 Å². The number of hydrogen-bond donors (Lipinski definition) is 1. The van der Waals surface area contributed by atoms with Crippen LogP contribution in [-0.2, 0) is 10.5 Å². The molecule has 2 heterocycles. The fourth-order valence-corrected chi connectivity index (χ4v) is 4.32. The lowest BCUT2D eigenvalue weighted by molar-refractivity contribution is -0.134. The van der Waals surface area contributed by atoms with Gasteiger partial charge in [0.15, 0.2) is 0 Å². The van der Waals surface area contributed by atoms with E-state index in [1.165, 1.54) is 4.88 Å². The average molecular weight is 320 g/mol.